The average molecular weight is 544 g/mol. The fourth-order valence-electron chi connectivity index (χ4n) is 2.61. The molecule has 0 spiro atoms. The van der Waals surface area contributed by atoms with E-state index in [2.05, 4.69) is 15.6 Å². The van der Waals surface area contributed by atoms with Crippen molar-refractivity contribution >= 4 is 53.4 Å². The highest BCUT2D eigenvalue weighted by Crippen LogP contribution is 2.11. The molecule has 0 atom stereocenters. The summed E-state index contributed by atoms with van der Waals surface area (Å²) in [7, 11) is 1.97. The number of nitrogens with one attached hydrogen (secondary N) is 2. The number of primary amides is 1. The van der Waals surface area contributed by atoms with Crippen molar-refractivity contribution in [2.24, 2.45) is 10.7 Å². The SMILES string of the molecule is CCNC(=NCc1ccc(C(=O)NCC(N)=O)cc1)N(C)Cc1ccc(Cl)cc1.I. The third-order valence-corrected chi connectivity index (χ3v) is 4.33. The lowest BCUT2D eigenvalue weighted by Crippen LogP contribution is -2.38. The summed E-state index contributed by atoms with van der Waals surface area (Å²) in [6.07, 6.45) is 0. The monoisotopic (exact) mass is 543 g/mol. The number of carbonyl (C=O) groups excluding carboxylic acids is 2. The van der Waals surface area contributed by atoms with Crippen molar-refractivity contribution in [1.29, 1.82) is 0 Å². The molecule has 0 aliphatic carbocycles. The Balaban J connectivity index is 0.00000450. The second-order valence-corrected chi connectivity index (χ2v) is 6.94. The number of carbonyl (C=O) groups is 2. The quantitative estimate of drug-likeness (QED) is 0.271. The summed E-state index contributed by atoms with van der Waals surface area (Å²) in [5, 5.41) is 6.46. The van der Waals surface area contributed by atoms with Crippen molar-refractivity contribution < 1.29 is 9.59 Å². The molecule has 0 aromatic heterocycles. The predicted octanol–water partition coefficient (Wildman–Crippen LogP) is 2.77. The van der Waals surface area contributed by atoms with E-state index in [-0.39, 0.29) is 36.4 Å². The zero-order valence-corrected chi connectivity index (χ0v) is 20.1. The lowest BCUT2D eigenvalue weighted by atomic mass is 10.1. The maximum atomic E-state index is 11.9. The van der Waals surface area contributed by atoms with Gasteiger partial charge in [-0.25, -0.2) is 4.99 Å². The standard InChI is InChI=1S/C21H26ClN5O2.HI/c1-3-24-21(27(2)14-16-6-10-18(22)11-7-16)26-12-15-4-8-17(9-5-15)20(29)25-13-19(23)28;/h4-11H,3,12-14H2,1-2H3,(H2,23,28)(H,24,26)(H,25,29);1H. The predicted molar refractivity (Wildman–Crippen MR) is 131 cm³/mol. The molecule has 2 aromatic rings. The molecule has 162 valence electrons. The number of guanidine groups is 1. The van der Waals surface area contributed by atoms with Crippen LogP contribution in [0.4, 0.5) is 0 Å². The van der Waals surface area contributed by atoms with Crippen LogP contribution >= 0.6 is 35.6 Å². The minimum absolute atomic E-state index is 0. The zero-order valence-electron chi connectivity index (χ0n) is 17.0. The Hall–Kier alpha value is -2.33. The summed E-state index contributed by atoms with van der Waals surface area (Å²) < 4.78 is 0. The van der Waals surface area contributed by atoms with Gasteiger partial charge < -0.3 is 21.3 Å². The van der Waals surface area contributed by atoms with Gasteiger partial charge in [-0.2, -0.15) is 0 Å². The number of nitrogens with two attached hydrogens (primary N) is 1. The molecule has 2 amide bonds. The first-order valence-corrected chi connectivity index (χ1v) is 9.66. The maximum Gasteiger partial charge on any atom is 0.251 e. The maximum absolute atomic E-state index is 11.9. The molecule has 0 heterocycles. The highest BCUT2D eigenvalue weighted by molar-refractivity contribution is 14.0. The van der Waals surface area contributed by atoms with E-state index in [1.54, 1.807) is 12.1 Å². The molecule has 0 radical (unpaired) electrons. The van der Waals surface area contributed by atoms with Gasteiger partial charge in [0.05, 0.1) is 13.1 Å². The van der Waals surface area contributed by atoms with Crippen molar-refractivity contribution in [3.63, 3.8) is 0 Å². The van der Waals surface area contributed by atoms with E-state index in [9.17, 15) is 9.59 Å². The molecular formula is C21H27ClIN5O2. The molecule has 0 unspecified atom stereocenters. The summed E-state index contributed by atoms with van der Waals surface area (Å²) in [5.74, 6) is -0.136. The van der Waals surface area contributed by atoms with Crippen molar-refractivity contribution in [2.75, 3.05) is 20.1 Å². The number of benzene rings is 2. The summed E-state index contributed by atoms with van der Waals surface area (Å²) in [6, 6.07) is 14.8. The van der Waals surface area contributed by atoms with Crippen molar-refractivity contribution in [2.45, 2.75) is 20.0 Å². The summed E-state index contributed by atoms with van der Waals surface area (Å²) in [6.45, 7) is 3.75. The number of amides is 2. The minimum atomic E-state index is -0.581. The van der Waals surface area contributed by atoms with Crippen LogP contribution in [0.25, 0.3) is 0 Å². The zero-order chi connectivity index (χ0) is 21.2. The summed E-state index contributed by atoms with van der Waals surface area (Å²) >= 11 is 5.94. The Labute approximate surface area is 199 Å². The van der Waals surface area contributed by atoms with Crippen LogP contribution in [-0.2, 0) is 17.9 Å². The number of aliphatic imine (C=N–C) groups is 1. The Morgan fingerprint density at radius 3 is 2.20 bits per heavy atom. The van der Waals surface area contributed by atoms with Crippen LogP contribution in [0.15, 0.2) is 53.5 Å². The van der Waals surface area contributed by atoms with Gasteiger partial charge in [0.15, 0.2) is 5.96 Å². The number of rotatable bonds is 8. The largest absolute Gasteiger partial charge is 0.368 e. The second kappa shape index (κ2) is 13.1. The molecule has 0 aliphatic rings. The van der Waals surface area contributed by atoms with E-state index in [0.717, 1.165) is 23.6 Å². The first-order chi connectivity index (χ1) is 13.9. The van der Waals surface area contributed by atoms with Gasteiger partial charge in [-0.15, -0.1) is 24.0 Å². The molecule has 7 nitrogen and oxygen atoms in total. The Bertz CT molecular complexity index is 857. The molecule has 2 rings (SSSR count). The summed E-state index contributed by atoms with van der Waals surface area (Å²) in [4.78, 5) is 29.4. The molecule has 0 fully saturated rings. The van der Waals surface area contributed by atoms with Gasteiger partial charge in [-0.05, 0) is 42.3 Å². The molecule has 0 saturated heterocycles. The van der Waals surface area contributed by atoms with Gasteiger partial charge in [0.1, 0.15) is 0 Å². The molecule has 0 aliphatic heterocycles. The normalized spacial score (nSPS) is 10.7. The summed E-state index contributed by atoms with van der Waals surface area (Å²) in [5.41, 5.74) is 7.59. The van der Waals surface area contributed by atoms with E-state index in [1.807, 2.05) is 55.3 Å². The van der Waals surface area contributed by atoms with E-state index < -0.39 is 5.91 Å². The number of hydrogen-bond acceptors (Lipinski definition) is 3. The van der Waals surface area contributed by atoms with Gasteiger partial charge in [0, 0.05) is 30.7 Å². The molecule has 9 heteroatoms. The van der Waals surface area contributed by atoms with Crippen LogP contribution in [0, 0.1) is 0 Å². The van der Waals surface area contributed by atoms with Gasteiger partial charge in [-0.1, -0.05) is 35.9 Å². The van der Waals surface area contributed by atoms with Crippen molar-refractivity contribution in [3.05, 3.63) is 70.2 Å². The van der Waals surface area contributed by atoms with Gasteiger partial charge >= 0.3 is 0 Å². The minimum Gasteiger partial charge on any atom is -0.368 e. The molecule has 4 N–H and O–H groups in total. The van der Waals surface area contributed by atoms with E-state index in [4.69, 9.17) is 17.3 Å². The fraction of sp³-hybridized carbons (Fsp3) is 0.286. The smallest absolute Gasteiger partial charge is 0.251 e. The third kappa shape index (κ3) is 8.58. The lowest BCUT2D eigenvalue weighted by molar-refractivity contribution is -0.117. The van der Waals surface area contributed by atoms with Crippen molar-refractivity contribution in [3.8, 4) is 0 Å². The van der Waals surface area contributed by atoms with E-state index in [1.165, 1.54) is 0 Å². The van der Waals surface area contributed by atoms with Gasteiger partial charge in [0.2, 0.25) is 5.91 Å². The second-order valence-electron chi connectivity index (χ2n) is 6.50. The van der Waals surface area contributed by atoms with E-state index in [0.29, 0.717) is 23.7 Å². The molecule has 2 aromatic carbocycles. The first-order valence-electron chi connectivity index (χ1n) is 9.28. The molecule has 30 heavy (non-hydrogen) atoms. The van der Waals surface area contributed by atoms with Gasteiger partial charge in [-0.3, -0.25) is 9.59 Å². The van der Waals surface area contributed by atoms with Crippen LogP contribution in [0.3, 0.4) is 0 Å². The Morgan fingerprint density at radius 2 is 1.63 bits per heavy atom. The highest BCUT2D eigenvalue weighted by atomic mass is 127. The van der Waals surface area contributed by atoms with Crippen LogP contribution in [0.5, 0.6) is 0 Å². The third-order valence-electron chi connectivity index (χ3n) is 4.08. The van der Waals surface area contributed by atoms with Crippen LogP contribution < -0.4 is 16.4 Å². The van der Waals surface area contributed by atoms with Gasteiger partial charge in [0.25, 0.3) is 5.91 Å². The Kier molecular flexibility index (Phi) is 11.2. The molecule has 0 saturated carbocycles. The van der Waals surface area contributed by atoms with Crippen molar-refractivity contribution in [1.82, 2.24) is 15.5 Å². The lowest BCUT2D eigenvalue weighted by Gasteiger charge is -2.22. The topological polar surface area (TPSA) is 99.8 Å². The number of halogens is 2. The van der Waals surface area contributed by atoms with Crippen LogP contribution in [0.2, 0.25) is 5.02 Å². The first kappa shape index (κ1) is 25.7. The number of nitrogens with zero attached hydrogens (tertiary/aromatic N) is 2. The number of hydrogen-bond donors (Lipinski definition) is 3. The van der Waals surface area contributed by atoms with Crippen LogP contribution in [0.1, 0.15) is 28.4 Å². The highest BCUT2D eigenvalue weighted by Gasteiger charge is 2.08. The molecular weight excluding hydrogens is 517 g/mol. The Morgan fingerprint density at radius 1 is 1.03 bits per heavy atom. The fourth-order valence-corrected chi connectivity index (χ4v) is 2.73. The molecule has 0 bridgehead atoms. The van der Waals surface area contributed by atoms with E-state index >= 15 is 0 Å². The van der Waals surface area contributed by atoms with Crippen LogP contribution in [-0.4, -0.2) is 42.8 Å². The average Bonchev–Trinajstić information content (AvgIpc) is 2.71.